The van der Waals surface area contributed by atoms with Gasteiger partial charge in [-0.3, -0.25) is 0 Å². The molecule has 0 unspecified atom stereocenters. The Balaban J connectivity index is 2.39. The van der Waals surface area contributed by atoms with E-state index in [4.69, 9.17) is 0 Å². The standard InChI is InChI=1S/C15H18BrN3/c1-4-5-17-15-13(16)9-18-14(19-15)12-7-10(2)6-11(3)8-12/h6-9H,4-5H2,1-3H3,(H,17,18,19). The normalized spacial score (nSPS) is 10.5. The van der Waals surface area contributed by atoms with Gasteiger partial charge in [0.1, 0.15) is 5.82 Å². The van der Waals surface area contributed by atoms with Gasteiger partial charge in [-0.2, -0.15) is 0 Å². The molecule has 0 fully saturated rings. The fraction of sp³-hybridized carbons (Fsp3) is 0.333. The number of anilines is 1. The summed E-state index contributed by atoms with van der Waals surface area (Å²) in [4.78, 5) is 8.99. The maximum absolute atomic E-state index is 4.59. The zero-order valence-electron chi connectivity index (χ0n) is 11.5. The molecule has 0 amide bonds. The van der Waals surface area contributed by atoms with Crippen LogP contribution < -0.4 is 5.32 Å². The van der Waals surface area contributed by atoms with E-state index in [2.05, 4.69) is 70.2 Å². The highest BCUT2D eigenvalue weighted by atomic mass is 79.9. The highest BCUT2D eigenvalue weighted by Gasteiger charge is 2.07. The molecule has 0 aliphatic carbocycles. The van der Waals surface area contributed by atoms with Crippen LogP contribution in [0.2, 0.25) is 0 Å². The Kier molecular flexibility index (Phi) is 4.53. The Morgan fingerprint density at radius 1 is 1.16 bits per heavy atom. The second-order valence-electron chi connectivity index (χ2n) is 4.69. The molecule has 19 heavy (non-hydrogen) atoms. The number of aromatic nitrogens is 2. The Labute approximate surface area is 122 Å². The van der Waals surface area contributed by atoms with Gasteiger partial charge in [0, 0.05) is 18.3 Å². The van der Waals surface area contributed by atoms with Crippen molar-refractivity contribution in [3.63, 3.8) is 0 Å². The minimum absolute atomic E-state index is 0.758. The van der Waals surface area contributed by atoms with Crippen LogP contribution >= 0.6 is 15.9 Å². The van der Waals surface area contributed by atoms with E-state index in [9.17, 15) is 0 Å². The molecule has 1 aromatic carbocycles. The molecule has 0 aliphatic heterocycles. The molecule has 100 valence electrons. The van der Waals surface area contributed by atoms with Crippen LogP contribution in [-0.2, 0) is 0 Å². The van der Waals surface area contributed by atoms with Crippen molar-refractivity contribution in [2.24, 2.45) is 0 Å². The summed E-state index contributed by atoms with van der Waals surface area (Å²) in [6.45, 7) is 7.21. The molecule has 0 aliphatic rings. The van der Waals surface area contributed by atoms with Crippen LogP contribution in [0, 0.1) is 13.8 Å². The van der Waals surface area contributed by atoms with Crippen molar-refractivity contribution in [1.82, 2.24) is 9.97 Å². The molecular weight excluding hydrogens is 302 g/mol. The summed E-state index contributed by atoms with van der Waals surface area (Å²) in [7, 11) is 0. The molecule has 0 radical (unpaired) electrons. The monoisotopic (exact) mass is 319 g/mol. The second-order valence-corrected chi connectivity index (χ2v) is 5.55. The first kappa shape index (κ1) is 14.0. The lowest BCUT2D eigenvalue weighted by molar-refractivity contribution is 0.963. The van der Waals surface area contributed by atoms with E-state index in [0.717, 1.165) is 34.6 Å². The second kappa shape index (κ2) is 6.15. The third kappa shape index (κ3) is 3.53. The first-order valence-electron chi connectivity index (χ1n) is 6.45. The van der Waals surface area contributed by atoms with Crippen molar-refractivity contribution < 1.29 is 0 Å². The van der Waals surface area contributed by atoms with Gasteiger partial charge in [-0.25, -0.2) is 9.97 Å². The fourth-order valence-electron chi connectivity index (χ4n) is 1.98. The number of hydrogen-bond acceptors (Lipinski definition) is 3. The van der Waals surface area contributed by atoms with E-state index < -0.39 is 0 Å². The summed E-state index contributed by atoms with van der Waals surface area (Å²) in [6.07, 6.45) is 2.87. The van der Waals surface area contributed by atoms with Crippen molar-refractivity contribution in [3.8, 4) is 11.4 Å². The largest absolute Gasteiger partial charge is 0.369 e. The number of benzene rings is 1. The Morgan fingerprint density at radius 2 is 1.84 bits per heavy atom. The third-order valence-electron chi connectivity index (χ3n) is 2.77. The van der Waals surface area contributed by atoms with E-state index in [0.29, 0.717) is 0 Å². The van der Waals surface area contributed by atoms with Gasteiger partial charge >= 0.3 is 0 Å². The van der Waals surface area contributed by atoms with E-state index in [1.54, 1.807) is 6.20 Å². The molecule has 3 nitrogen and oxygen atoms in total. The molecular formula is C15H18BrN3. The first-order valence-corrected chi connectivity index (χ1v) is 7.24. The minimum Gasteiger partial charge on any atom is -0.369 e. The van der Waals surface area contributed by atoms with Gasteiger partial charge in [0.25, 0.3) is 0 Å². The first-order chi connectivity index (χ1) is 9.10. The summed E-state index contributed by atoms with van der Waals surface area (Å²) in [6, 6.07) is 6.37. The SMILES string of the molecule is CCCNc1nc(-c2cc(C)cc(C)c2)ncc1Br. The van der Waals surface area contributed by atoms with Crippen LogP contribution in [0.1, 0.15) is 24.5 Å². The summed E-state index contributed by atoms with van der Waals surface area (Å²) < 4.78 is 0.897. The molecule has 1 heterocycles. The quantitative estimate of drug-likeness (QED) is 0.910. The number of nitrogens with one attached hydrogen (secondary N) is 1. The molecule has 0 bridgehead atoms. The van der Waals surface area contributed by atoms with Crippen LogP contribution in [0.3, 0.4) is 0 Å². The predicted octanol–water partition coefficient (Wildman–Crippen LogP) is 4.34. The van der Waals surface area contributed by atoms with Crippen molar-refractivity contribution >= 4 is 21.7 Å². The van der Waals surface area contributed by atoms with Crippen molar-refractivity contribution in [3.05, 3.63) is 40.0 Å². The molecule has 2 rings (SSSR count). The number of halogens is 1. The van der Waals surface area contributed by atoms with E-state index in [1.807, 2.05) is 0 Å². The van der Waals surface area contributed by atoms with Gasteiger partial charge in [0.15, 0.2) is 5.82 Å². The van der Waals surface area contributed by atoms with Crippen LogP contribution in [-0.4, -0.2) is 16.5 Å². The molecule has 0 atom stereocenters. The third-order valence-corrected chi connectivity index (χ3v) is 3.35. The number of nitrogens with zero attached hydrogens (tertiary/aromatic N) is 2. The summed E-state index contributed by atoms with van der Waals surface area (Å²) >= 11 is 3.47. The Bertz CT molecular complexity index is 561. The van der Waals surface area contributed by atoms with Gasteiger partial charge in [0.2, 0.25) is 0 Å². The topological polar surface area (TPSA) is 37.8 Å². The summed E-state index contributed by atoms with van der Waals surface area (Å²) in [5.74, 6) is 1.61. The van der Waals surface area contributed by atoms with E-state index >= 15 is 0 Å². The van der Waals surface area contributed by atoms with Crippen LogP contribution in [0.5, 0.6) is 0 Å². The molecule has 0 saturated carbocycles. The highest BCUT2D eigenvalue weighted by Crippen LogP contribution is 2.24. The maximum Gasteiger partial charge on any atom is 0.161 e. The van der Waals surface area contributed by atoms with Gasteiger partial charge < -0.3 is 5.32 Å². The Hall–Kier alpha value is -1.42. The van der Waals surface area contributed by atoms with Crippen LogP contribution in [0.15, 0.2) is 28.9 Å². The van der Waals surface area contributed by atoms with Gasteiger partial charge in [-0.15, -0.1) is 0 Å². The van der Waals surface area contributed by atoms with Crippen molar-refractivity contribution in [2.45, 2.75) is 27.2 Å². The lowest BCUT2D eigenvalue weighted by Gasteiger charge is -2.09. The van der Waals surface area contributed by atoms with E-state index in [-0.39, 0.29) is 0 Å². The Morgan fingerprint density at radius 3 is 2.47 bits per heavy atom. The summed E-state index contributed by atoms with van der Waals surface area (Å²) in [5, 5.41) is 3.30. The molecule has 1 aromatic heterocycles. The molecule has 1 N–H and O–H groups in total. The van der Waals surface area contributed by atoms with Crippen molar-refractivity contribution in [2.75, 3.05) is 11.9 Å². The number of hydrogen-bond donors (Lipinski definition) is 1. The maximum atomic E-state index is 4.59. The minimum atomic E-state index is 0.758. The van der Waals surface area contributed by atoms with E-state index in [1.165, 1.54) is 11.1 Å². The smallest absolute Gasteiger partial charge is 0.161 e. The summed E-state index contributed by atoms with van der Waals surface area (Å²) in [5.41, 5.74) is 3.51. The molecule has 2 aromatic rings. The zero-order valence-corrected chi connectivity index (χ0v) is 13.1. The van der Waals surface area contributed by atoms with Gasteiger partial charge in [0.05, 0.1) is 4.47 Å². The zero-order chi connectivity index (χ0) is 13.8. The number of rotatable bonds is 4. The average Bonchev–Trinajstić information content (AvgIpc) is 2.36. The highest BCUT2D eigenvalue weighted by molar-refractivity contribution is 9.10. The van der Waals surface area contributed by atoms with Crippen LogP contribution in [0.25, 0.3) is 11.4 Å². The van der Waals surface area contributed by atoms with Crippen LogP contribution in [0.4, 0.5) is 5.82 Å². The molecule has 4 heteroatoms. The lowest BCUT2D eigenvalue weighted by Crippen LogP contribution is -2.04. The lowest BCUT2D eigenvalue weighted by atomic mass is 10.1. The number of aryl methyl sites for hydroxylation is 2. The van der Waals surface area contributed by atoms with Crippen molar-refractivity contribution in [1.29, 1.82) is 0 Å². The molecule has 0 saturated heterocycles. The average molecular weight is 320 g/mol. The molecule has 0 spiro atoms. The van der Waals surface area contributed by atoms with Gasteiger partial charge in [-0.1, -0.05) is 24.1 Å². The van der Waals surface area contributed by atoms with Gasteiger partial charge in [-0.05, 0) is 48.3 Å². The fourth-order valence-corrected chi connectivity index (χ4v) is 2.31. The predicted molar refractivity (Wildman–Crippen MR) is 83.4 cm³/mol.